The quantitative estimate of drug-likeness (QED) is 0.781. The van der Waals surface area contributed by atoms with E-state index in [2.05, 4.69) is 5.32 Å². The van der Waals surface area contributed by atoms with Crippen molar-refractivity contribution in [3.8, 4) is 5.75 Å². The van der Waals surface area contributed by atoms with E-state index in [0.29, 0.717) is 18.1 Å². The van der Waals surface area contributed by atoms with Gasteiger partial charge >= 0.3 is 0 Å². The molecule has 0 aromatic heterocycles. The van der Waals surface area contributed by atoms with E-state index < -0.39 is 17.9 Å². The van der Waals surface area contributed by atoms with Crippen LogP contribution in [0.2, 0.25) is 10.0 Å². The number of primary amides is 1. The van der Waals surface area contributed by atoms with Gasteiger partial charge in [-0.05, 0) is 18.6 Å². The van der Waals surface area contributed by atoms with Crippen LogP contribution in [0, 0.1) is 0 Å². The summed E-state index contributed by atoms with van der Waals surface area (Å²) in [5, 5.41) is 3.35. The van der Waals surface area contributed by atoms with Gasteiger partial charge in [0.15, 0.2) is 0 Å². The zero-order valence-electron chi connectivity index (χ0n) is 13.0. The van der Waals surface area contributed by atoms with Gasteiger partial charge in [-0.1, -0.05) is 23.2 Å². The fourth-order valence-electron chi connectivity index (χ4n) is 2.42. The van der Waals surface area contributed by atoms with E-state index >= 15 is 0 Å². The Morgan fingerprint density at radius 2 is 2.17 bits per heavy atom. The number of hydrogen-bond acceptors (Lipinski definition) is 5. The summed E-state index contributed by atoms with van der Waals surface area (Å²) in [7, 11) is 1.41. The van der Waals surface area contributed by atoms with Gasteiger partial charge in [-0.25, -0.2) is 0 Å². The Bertz CT molecular complexity index is 626. The summed E-state index contributed by atoms with van der Waals surface area (Å²) in [4.78, 5) is 23.5. The second kappa shape index (κ2) is 8.53. The van der Waals surface area contributed by atoms with E-state index in [-0.39, 0.29) is 35.7 Å². The zero-order chi connectivity index (χ0) is 17.7. The Hall–Kier alpha value is -1.54. The van der Waals surface area contributed by atoms with E-state index in [1.54, 1.807) is 0 Å². The second-order valence-corrected chi connectivity index (χ2v) is 6.07. The molecule has 7 nitrogen and oxygen atoms in total. The predicted octanol–water partition coefficient (Wildman–Crippen LogP) is 1.39. The lowest BCUT2D eigenvalue weighted by atomic mass is 10.1. The van der Waals surface area contributed by atoms with Gasteiger partial charge in [-0.2, -0.15) is 0 Å². The molecule has 0 spiro atoms. The predicted molar refractivity (Wildman–Crippen MR) is 88.6 cm³/mol. The molecule has 3 N–H and O–H groups in total. The van der Waals surface area contributed by atoms with Crippen molar-refractivity contribution in [2.45, 2.75) is 18.6 Å². The van der Waals surface area contributed by atoms with E-state index in [4.69, 9.17) is 43.1 Å². The van der Waals surface area contributed by atoms with Gasteiger partial charge in [0.1, 0.15) is 12.4 Å². The van der Waals surface area contributed by atoms with Crippen LogP contribution in [0.1, 0.15) is 16.8 Å². The van der Waals surface area contributed by atoms with Crippen LogP contribution in [0.25, 0.3) is 0 Å². The van der Waals surface area contributed by atoms with E-state index in [1.165, 1.54) is 19.2 Å². The van der Waals surface area contributed by atoms with Gasteiger partial charge in [0.05, 0.1) is 36.4 Å². The Balaban J connectivity index is 2.13. The van der Waals surface area contributed by atoms with E-state index in [9.17, 15) is 9.59 Å². The molecule has 1 aliphatic heterocycles. The molecule has 2 rings (SSSR count). The first kappa shape index (κ1) is 18.8. The number of nitrogens with one attached hydrogen (secondary N) is 1. The lowest BCUT2D eigenvalue weighted by molar-refractivity contribution is -0.128. The molecule has 1 saturated heterocycles. The standard InChI is InChI=1S/C15H18Cl2N2O5/c1-22-14-9(4-8(16)5-10(14)17)15(21)19-11-6-23-3-2-12(11)24-7-13(18)20/h4-5,11-12H,2-3,6-7H2,1H3,(H2,18,20)(H,19,21)/t11-,12+/m1/s1. The molecule has 0 bridgehead atoms. The summed E-state index contributed by atoms with van der Waals surface area (Å²) in [6, 6.07) is 2.51. The molecule has 0 unspecified atom stereocenters. The number of methoxy groups -OCH3 is 1. The smallest absolute Gasteiger partial charge is 0.255 e. The van der Waals surface area contributed by atoms with Crippen LogP contribution in [0.4, 0.5) is 0 Å². The van der Waals surface area contributed by atoms with E-state index in [0.717, 1.165) is 0 Å². The van der Waals surface area contributed by atoms with Crippen molar-refractivity contribution in [3.63, 3.8) is 0 Å². The van der Waals surface area contributed by atoms with Crippen LogP contribution >= 0.6 is 23.2 Å². The molecule has 132 valence electrons. The first-order valence-electron chi connectivity index (χ1n) is 7.24. The second-order valence-electron chi connectivity index (χ2n) is 5.23. The van der Waals surface area contributed by atoms with Gasteiger partial charge in [-0.3, -0.25) is 9.59 Å². The topological polar surface area (TPSA) is 99.9 Å². The number of halogens is 2. The van der Waals surface area contributed by atoms with Gasteiger partial charge in [-0.15, -0.1) is 0 Å². The minimum atomic E-state index is -0.574. The summed E-state index contributed by atoms with van der Waals surface area (Å²) in [5.74, 6) is -0.779. The van der Waals surface area contributed by atoms with Crippen LogP contribution in [-0.4, -0.2) is 50.9 Å². The van der Waals surface area contributed by atoms with Crippen LogP contribution < -0.4 is 15.8 Å². The summed E-state index contributed by atoms with van der Waals surface area (Å²) >= 11 is 12.0. The molecule has 24 heavy (non-hydrogen) atoms. The molecular formula is C15H18Cl2N2O5. The average molecular weight is 377 g/mol. The molecule has 1 aromatic rings. The highest BCUT2D eigenvalue weighted by atomic mass is 35.5. The number of amides is 2. The monoisotopic (exact) mass is 376 g/mol. The van der Waals surface area contributed by atoms with Crippen molar-refractivity contribution in [1.29, 1.82) is 0 Å². The molecule has 1 aliphatic rings. The largest absolute Gasteiger partial charge is 0.494 e. The number of ether oxygens (including phenoxy) is 3. The third-order valence-electron chi connectivity index (χ3n) is 3.51. The highest BCUT2D eigenvalue weighted by Crippen LogP contribution is 2.32. The molecule has 0 radical (unpaired) electrons. The molecule has 1 fully saturated rings. The van der Waals surface area contributed by atoms with Crippen LogP contribution in [0.3, 0.4) is 0 Å². The normalized spacial score (nSPS) is 20.5. The first-order chi connectivity index (χ1) is 11.4. The fraction of sp³-hybridized carbons (Fsp3) is 0.467. The number of benzene rings is 1. The Morgan fingerprint density at radius 3 is 2.83 bits per heavy atom. The van der Waals surface area contributed by atoms with E-state index in [1.807, 2.05) is 0 Å². The number of nitrogens with two attached hydrogens (primary N) is 1. The fourth-order valence-corrected chi connectivity index (χ4v) is 2.99. The van der Waals surface area contributed by atoms with Crippen molar-refractivity contribution < 1.29 is 23.8 Å². The third kappa shape index (κ3) is 4.73. The summed E-state index contributed by atoms with van der Waals surface area (Å²) in [6.07, 6.45) is 0.155. The van der Waals surface area contributed by atoms with Crippen molar-refractivity contribution in [1.82, 2.24) is 5.32 Å². The summed E-state index contributed by atoms with van der Waals surface area (Å²) in [5.41, 5.74) is 5.29. The van der Waals surface area contributed by atoms with Crippen LogP contribution in [0.5, 0.6) is 5.75 Å². The van der Waals surface area contributed by atoms with Crippen molar-refractivity contribution in [3.05, 3.63) is 27.7 Å². The first-order valence-corrected chi connectivity index (χ1v) is 7.99. The highest BCUT2D eigenvalue weighted by Gasteiger charge is 2.29. The third-order valence-corrected chi connectivity index (χ3v) is 4.01. The molecule has 0 aliphatic carbocycles. The lowest BCUT2D eigenvalue weighted by Gasteiger charge is -2.32. The maximum absolute atomic E-state index is 12.6. The molecule has 1 aromatic carbocycles. The SMILES string of the molecule is COc1c(Cl)cc(Cl)cc1C(=O)N[C@@H]1COCC[C@@H]1OCC(N)=O. The van der Waals surface area contributed by atoms with Gasteiger partial charge < -0.3 is 25.3 Å². The van der Waals surface area contributed by atoms with Gasteiger partial charge in [0.2, 0.25) is 5.91 Å². The average Bonchev–Trinajstić information content (AvgIpc) is 2.53. The molecule has 2 amide bonds. The van der Waals surface area contributed by atoms with Crippen LogP contribution in [0.15, 0.2) is 12.1 Å². The zero-order valence-corrected chi connectivity index (χ0v) is 14.5. The maximum atomic E-state index is 12.6. The maximum Gasteiger partial charge on any atom is 0.255 e. The number of carbonyl (C=O) groups is 2. The van der Waals surface area contributed by atoms with Crippen LogP contribution in [-0.2, 0) is 14.3 Å². The van der Waals surface area contributed by atoms with Gasteiger partial charge in [0, 0.05) is 11.6 Å². The number of carbonyl (C=O) groups excluding carboxylic acids is 2. The van der Waals surface area contributed by atoms with Gasteiger partial charge in [0.25, 0.3) is 5.91 Å². The summed E-state index contributed by atoms with van der Waals surface area (Å²) < 4.78 is 16.0. The highest BCUT2D eigenvalue weighted by molar-refractivity contribution is 6.36. The molecular weight excluding hydrogens is 359 g/mol. The Labute approximate surface area is 149 Å². The molecule has 9 heteroatoms. The summed E-state index contributed by atoms with van der Waals surface area (Å²) in [6.45, 7) is 0.511. The minimum Gasteiger partial charge on any atom is -0.494 e. The number of hydrogen-bond donors (Lipinski definition) is 2. The Kier molecular flexibility index (Phi) is 6.68. The molecule has 0 saturated carbocycles. The Morgan fingerprint density at radius 1 is 1.42 bits per heavy atom. The lowest BCUT2D eigenvalue weighted by Crippen LogP contribution is -2.51. The van der Waals surface area contributed by atoms with Crippen molar-refractivity contribution in [2.75, 3.05) is 26.9 Å². The molecule has 2 atom stereocenters. The minimum absolute atomic E-state index is 0.203. The van der Waals surface area contributed by atoms with Crippen molar-refractivity contribution >= 4 is 35.0 Å². The molecule has 1 heterocycles. The number of rotatable bonds is 6. The van der Waals surface area contributed by atoms with Crippen molar-refractivity contribution in [2.24, 2.45) is 5.73 Å².